The monoisotopic (exact) mass is 434 g/mol. The molecular formula is C23H22N4O3S. The molecule has 7 nitrogen and oxygen atoms in total. The molecule has 0 saturated heterocycles. The number of carbonyl (C=O) groups is 3. The summed E-state index contributed by atoms with van der Waals surface area (Å²) >= 11 is 1.31. The van der Waals surface area contributed by atoms with E-state index in [1.165, 1.54) is 29.2 Å². The number of aromatic nitrogens is 1. The number of rotatable bonds is 7. The summed E-state index contributed by atoms with van der Waals surface area (Å²) in [5.74, 6) is -0.701. The number of benzene rings is 2. The molecule has 1 aromatic heterocycles. The molecule has 0 bridgehead atoms. The number of nitrogens with zero attached hydrogens (tertiary/aromatic N) is 2. The van der Waals surface area contributed by atoms with Crippen molar-refractivity contribution in [1.29, 1.82) is 0 Å². The van der Waals surface area contributed by atoms with Gasteiger partial charge in [-0.25, -0.2) is 4.98 Å². The minimum absolute atomic E-state index is 0.152. The maximum Gasteiger partial charge on any atom is 0.251 e. The summed E-state index contributed by atoms with van der Waals surface area (Å²) in [5.41, 5.74) is 2.28. The van der Waals surface area contributed by atoms with Crippen molar-refractivity contribution in [3.05, 3.63) is 77.3 Å². The topological polar surface area (TPSA) is 91.4 Å². The Balaban J connectivity index is 1.68. The average Bonchev–Trinajstić information content (AvgIpc) is 3.21. The first kappa shape index (κ1) is 21.9. The van der Waals surface area contributed by atoms with E-state index in [-0.39, 0.29) is 17.7 Å². The van der Waals surface area contributed by atoms with Gasteiger partial charge >= 0.3 is 0 Å². The molecule has 0 atom stereocenters. The Bertz CT molecular complexity index is 1110. The third kappa shape index (κ3) is 5.86. The molecule has 0 saturated carbocycles. The molecule has 0 radical (unpaired) electrons. The first-order valence-electron chi connectivity index (χ1n) is 9.66. The summed E-state index contributed by atoms with van der Waals surface area (Å²) in [6.07, 6.45) is 2.94. The highest BCUT2D eigenvalue weighted by atomic mass is 32.1. The maximum atomic E-state index is 12.3. The number of para-hydroxylation sites is 1. The fourth-order valence-corrected chi connectivity index (χ4v) is 3.66. The Morgan fingerprint density at radius 3 is 2.58 bits per heavy atom. The Kier molecular flexibility index (Phi) is 7.29. The van der Waals surface area contributed by atoms with Crippen LogP contribution in [0.25, 0.3) is 6.08 Å². The van der Waals surface area contributed by atoms with Crippen LogP contribution in [-0.4, -0.2) is 29.3 Å². The highest BCUT2D eigenvalue weighted by molar-refractivity contribution is 7.14. The molecule has 1 heterocycles. The van der Waals surface area contributed by atoms with Crippen LogP contribution in [0.5, 0.6) is 0 Å². The second-order valence-corrected chi connectivity index (χ2v) is 7.34. The maximum absolute atomic E-state index is 12.3. The lowest BCUT2D eigenvalue weighted by Crippen LogP contribution is -2.22. The molecule has 0 fully saturated rings. The van der Waals surface area contributed by atoms with Crippen molar-refractivity contribution < 1.29 is 14.4 Å². The Morgan fingerprint density at radius 2 is 1.87 bits per heavy atom. The van der Waals surface area contributed by atoms with Gasteiger partial charge in [-0.1, -0.05) is 24.3 Å². The van der Waals surface area contributed by atoms with Gasteiger partial charge in [-0.3, -0.25) is 19.3 Å². The first-order valence-corrected chi connectivity index (χ1v) is 10.5. The van der Waals surface area contributed by atoms with Gasteiger partial charge in [0.25, 0.3) is 5.91 Å². The van der Waals surface area contributed by atoms with E-state index in [9.17, 15) is 14.4 Å². The van der Waals surface area contributed by atoms with E-state index in [4.69, 9.17) is 0 Å². The number of hydrogen-bond acceptors (Lipinski definition) is 5. The van der Waals surface area contributed by atoms with E-state index < -0.39 is 0 Å². The third-order valence-electron chi connectivity index (χ3n) is 4.17. The van der Waals surface area contributed by atoms with E-state index >= 15 is 0 Å². The summed E-state index contributed by atoms with van der Waals surface area (Å²) < 4.78 is 0. The summed E-state index contributed by atoms with van der Waals surface area (Å²) in [7, 11) is 0. The van der Waals surface area contributed by atoms with Crippen molar-refractivity contribution in [2.24, 2.45) is 0 Å². The lowest BCUT2D eigenvalue weighted by atomic mass is 10.2. The zero-order valence-corrected chi connectivity index (χ0v) is 18.0. The molecule has 0 aliphatic carbocycles. The molecule has 3 aromatic rings. The van der Waals surface area contributed by atoms with Gasteiger partial charge in [0.1, 0.15) is 0 Å². The van der Waals surface area contributed by atoms with Crippen molar-refractivity contribution in [3.8, 4) is 0 Å². The standard InChI is InChI=1S/C23H22N4O3S/c1-3-24-22(30)17-8-7-9-18(14-17)25-21(29)13-12-19-15-31-23(26-19)27(16(2)28)20-10-5-4-6-11-20/h4-15H,3H2,1-2H3,(H,24,30)(H,25,29)/b13-12+. The van der Waals surface area contributed by atoms with Crippen LogP contribution in [-0.2, 0) is 9.59 Å². The van der Waals surface area contributed by atoms with Crippen LogP contribution in [0.2, 0.25) is 0 Å². The fourth-order valence-electron chi connectivity index (χ4n) is 2.81. The highest BCUT2D eigenvalue weighted by Gasteiger charge is 2.17. The normalized spacial score (nSPS) is 10.6. The molecule has 0 spiro atoms. The van der Waals surface area contributed by atoms with E-state index in [0.29, 0.717) is 28.6 Å². The Hall–Kier alpha value is -3.78. The summed E-state index contributed by atoms with van der Waals surface area (Å²) in [4.78, 5) is 42.3. The zero-order valence-electron chi connectivity index (χ0n) is 17.2. The molecule has 3 amide bonds. The average molecular weight is 435 g/mol. The molecular weight excluding hydrogens is 412 g/mol. The molecule has 8 heteroatoms. The van der Waals surface area contributed by atoms with Crippen LogP contribution >= 0.6 is 11.3 Å². The smallest absolute Gasteiger partial charge is 0.251 e. The molecule has 3 rings (SSSR count). The van der Waals surface area contributed by atoms with Gasteiger partial charge in [0.05, 0.1) is 11.4 Å². The van der Waals surface area contributed by atoms with Crippen molar-refractivity contribution in [3.63, 3.8) is 0 Å². The van der Waals surface area contributed by atoms with Gasteiger partial charge in [-0.2, -0.15) is 0 Å². The van der Waals surface area contributed by atoms with Gasteiger partial charge in [0, 0.05) is 36.2 Å². The van der Waals surface area contributed by atoms with E-state index in [0.717, 1.165) is 5.69 Å². The molecule has 158 valence electrons. The van der Waals surface area contributed by atoms with E-state index in [1.54, 1.807) is 35.7 Å². The number of hydrogen-bond donors (Lipinski definition) is 2. The molecule has 2 N–H and O–H groups in total. The minimum Gasteiger partial charge on any atom is -0.352 e. The number of nitrogens with one attached hydrogen (secondary N) is 2. The quantitative estimate of drug-likeness (QED) is 0.545. The molecule has 0 aliphatic heterocycles. The number of amides is 3. The van der Waals surface area contributed by atoms with Gasteiger partial charge < -0.3 is 10.6 Å². The Morgan fingerprint density at radius 1 is 1.10 bits per heavy atom. The van der Waals surface area contributed by atoms with Crippen molar-refractivity contribution in [1.82, 2.24) is 10.3 Å². The minimum atomic E-state index is -0.353. The van der Waals surface area contributed by atoms with Crippen LogP contribution in [0.1, 0.15) is 29.9 Å². The zero-order chi connectivity index (χ0) is 22.2. The lowest BCUT2D eigenvalue weighted by Gasteiger charge is -2.17. The van der Waals surface area contributed by atoms with Crippen LogP contribution in [0.15, 0.2) is 66.1 Å². The van der Waals surface area contributed by atoms with E-state index in [1.807, 2.05) is 37.3 Å². The predicted molar refractivity (Wildman–Crippen MR) is 123 cm³/mol. The molecule has 0 aliphatic rings. The fraction of sp³-hybridized carbons (Fsp3) is 0.130. The van der Waals surface area contributed by atoms with Gasteiger partial charge in [0.15, 0.2) is 5.13 Å². The lowest BCUT2D eigenvalue weighted by molar-refractivity contribution is -0.116. The molecule has 31 heavy (non-hydrogen) atoms. The number of thiazole rings is 1. The van der Waals surface area contributed by atoms with Crippen molar-refractivity contribution >= 4 is 51.6 Å². The SMILES string of the molecule is CCNC(=O)c1cccc(NC(=O)/C=C/c2csc(N(C(C)=O)c3ccccc3)n2)c1. The number of anilines is 3. The number of carbonyl (C=O) groups excluding carboxylic acids is 3. The Labute approximate surface area is 184 Å². The van der Waals surface area contributed by atoms with Gasteiger partial charge in [-0.05, 0) is 43.3 Å². The van der Waals surface area contributed by atoms with Crippen LogP contribution < -0.4 is 15.5 Å². The predicted octanol–water partition coefficient (Wildman–Crippen LogP) is 4.23. The van der Waals surface area contributed by atoms with E-state index in [2.05, 4.69) is 15.6 Å². The molecule has 2 aromatic carbocycles. The van der Waals surface area contributed by atoms with Crippen molar-refractivity contribution in [2.75, 3.05) is 16.8 Å². The van der Waals surface area contributed by atoms with Crippen LogP contribution in [0, 0.1) is 0 Å². The second-order valence-electron chi connectivity index (χ2n) is 6.51. The van der Waals surface area contributed by atoms with Crippen LogP contribution in [0.4, 0.5) is 16.5 Å². The summed E-state index contributed by atoms with van der Waals surface area (Å²) in [5, 5.41) is 7.74. The van der Waals surface area contributed by atoms with Gasteiger partial charge in [0.2, 0.25) is 11.8 Å². The summed E-state index contributed by atoms with van der Waals surface area (Å²) in [6, 6.07) is 16.0. The van der Waals surface area contributed by atoms with Crippen molar-refractivity contribution in [2.45, 2.75) is 13.8 Å². The largest absolute Gasteiger partial charge is 0.352 e. The molecule has 0 unspecified atom stereocenters. The summed E-state index contributed by atoms with van der Waals surface area (Å²) in [6.45, 7) is 3.85. The second kappa shape index (κ2) is 10.3. The third-order valence-corrected chi connectivity index (χ3v) is 5.01. The highest BCUT2D eigenvalue weighted by Crippen LogP contribution is 2.29. The van der Waals surface area contributed by atoms with Gasteiger partial charge in [-0.15, -0.1) is 11.3 Å². The first-order chi connectivity index (χ1) is 15.0. The van der Waals surface area contributed by atoms with Crippen LogP contribution in [0.3, 0.4) is 0 Å².